The molecule has 108 valence electrons. The molecule has 2 aromatic rings. The number of nitro groups is 1. The fourth-order valence-electron chi connectivity index (χ4n) is 1.65. The Morgan fingerprint density at radius 3 is 2.64 bits per heavy atom. The number of nitrogens with zero attached hydrogens (tertiary/aromatic N) is 3. The maximum atomic E-state index is 13.7. The summed E-state index contributed by atoms with van der Waals surface area (Å²) in [4.78, 5) is 13.0. The van der Waals surface area contributed by atoms with E-state index in [0.717, 1.165) is 18.2 Å². The van der Waals surface area contributed by atoms with E-state index in [4.69, 9.17) is 16.6 Å². The monoisotopic (exact) mass is 301 g/mol. The molecule has 0 radical (unpaired) electrons. The zero-order valence-corrected chi connectivity index (χ0v) is 10.7. The molecule has 0 atom stereocenters. The molecular formula is C14H5F2N3O3. The van der Waals surface area contributed by atoms with Crippen LogP contribution in [0.15, 0.2) is 30.3 Å². The molecule has 0 N–H and O–H groups in total. The van der Waals surface area contributed by atoms with E-state index in [0.29, 0.717) is 6.07 Å². The Labute approximate surface area is 122 Å². The number of rotatable bonds is 3. The van der Waals surface area contributed by atoms with Gasteiger partial charge in [-0.2, -0.15) is 9.65 Å². The number of nitriles is 1. The first-order valence-electron chi connectivity index (χ1n) is 5.69. The lowest BCUT2D eigenvalue weighted by Crippen LogP contribution is -1.98. The molecule has 2 rings (SSSR count). The van der Waals surface area contributed by atoms with Crippen LogP contribution >= 0.6 is 0 Å². The van der Waals surface area contributed by atoms with Crippen molar-refractivity contribution in [1.82, 2.24) is 0 Å². The van der Waals surface area contributed by atoms with Gasteiger partial charge >= 0.3 is 5.69 Å². The highest BCUT2D eigenvalue weighted by molar-refractivity contribution is 5.57. The summed E-state index contributed by atoms with van der Waals surface area (Å²) in [6.45, 7) is 6.90. The van der Waals surface area contributed by atoms with Gasteiger partial charge < -0.3 is 4.74 Å². The summed E-state index contributed by atoms with van der Waals surface area (Å²) in [6.07, 6.45) is 0. The predicted molar refractivity (Wildman–Crippen MR) is 70.5 cm³/mol. The van der Waals surface area contributed by atoms with E-state index in [9.17, 15) is 18.9 Å². The molecule has 0 aromatic heterocycles. The van der Waals surface area contributed by atoms with Crippen molar-refractivity contribution in [2.24, 2.45) is 0 Å². The van der Waals surface area contributed by atoms with E-state index in [1.807, 2.05) is 0 Å². The Balaban J connectivity index is 2.57. The first kappa shape index (κ1) is 14.9. The van der Waals surface area contributed by atoms with Gasteiger partial charge in [0.05, 0.1) is 17.6 Å². The third kappa shape index (κ3) is 2.81. The summed E-state index contributed by atoms with van der Waals surface area (Å²) < 4.78 is 32.0. The minimum atomic E-state index is -1.53. The zero-order chi connectivity index (χ0) is 16.3. The molecule has 2 aromatic carbocycles. The van der Waals surface area contributed by atoms with Crippen molar-refractivity contribution in [3.8, 4) is 17.6 Å². The first-order chi connectivity index (χ1) is 10.5. The Bertz CT molecular complexity index is 821. The minimum Gasteiger partial charge on any atom is -0.448 e. The van der Waals surface area contributed by atoms with Crippen LogP contribution in [-0.4, -0.2) is 4.92 Å². The van der Waals surface area contributed by atoms with Gasteiger partial charge in [0.2, 0.25) is 11.6 Å². The number of nitro benzene ring substituents is 1. The number of hydrogen-bond acceptors (Lipinski definition) is 4. The average Bonchev–Trinajstić information content (AvgIpc) is 2.51. The average molecular weight is 301 g/mol. The van der Waals surface area contributed by atoms with Crippen LogP contribution in [0.2, 0.25) is 0 Å². The minimum absolute atomic E-state index is 0.0218. The largest absolute Gasteiger partial charge is 0.448 e. The van der Waals surface area contributed by atoms with E-state index < -0.39 is 28.0 Å². The molecule has 6 nitrogen and oxygen atoms in total. The van der Waals surface area contributed by atoms with Crippen LogP contribution in [0.1, 0.15) is 5.56 Å². The predicted octanol–water partition coefficient (Wildman–Crippen LogP) is 4.09. The summed E-state index contributed by atoms with van der Waals surface area (Å²) in [5.41, 5.74) is -0.706. The van der Waals surface area contributed by atoms with Crippen LogP contribution in [-0.2, 0) is 0 Å². The molecule has 0 aliphatic rings. The fourth-order valence-corrected chi connectivity index (χ4v) is 1.65. The molecule has 22 heavy (non-hydrogen) atoms. The Kier molecular flexibility index (Phi) is 3.96. The second-order valence-corrected chi connectivity index (χ2v) is 4.01. The highest BCUT2D eigenvalue weighted by Crippen LogP contribution is 2.36. The third-order valence-corrected chi connectivity index (χ3v) is 2.60. The molecule has 0 aliphatic heterocycles. The highest BCUT2D eigenvalue weighted by Gasteiger charge is 2.24. The van der Waals surface area contributed by atoms with Crippen molar-refractivity contribution in [2.75, 3.05) is 0 Å². The summed E-state index contributed by atoms with van der Waals surface area (Å²) in [7, 11) is 0. The van der Waals surface area contributed by atoms with Crippen molar-refractivity contribution in [3.63, 3.8) is 0 Å². The number of benzene rings is 2. The van der Waals surface area contributed by atoms with Crippen molar-refractivity contribution in [1.29, 1.82) is 5.26 Å². The standard InChI is InChI=1S/C14H5F2N3O3/c1-18-9-4-8(7-17)5-10(6-9)22-14-12(19(20)21)3-2-11(15)13(14)16/h2-6H. The third-order valence-electron chi connectivity index (χ3n) is 2.60. The maximum absolute atomic E-state index is 13.7. The topological polar surface area (TPSA) is 80.5 Å². The van der Waals surface area contributed by atoms with E-state index in [2.05, 4.69) is 4.85 Å². The van der Waals surface area contributed by atoms with Crippen molar-refractivity contribution in [2.45, 2.75) is 0 Å². The summed E-state index contributed by atoms with van der Waals surface area (Å²) in [5, 5.41) is 19.7. The van der Waals surface area contributed by atoms with Gasteiger partial charge in [-0.1, -0.05) is 0 Å². The van der Waals surface area contributed by atoms with Crippen LogP contribution in [0.5, 0.6) is 11.5 Å². The van der Waals surface area contributed by atoms with Gasteiger partial charge in [-0.3, -0.25) is 10.1 Å². The zero-order valence-electron chi connectivity index (χ0n) is 10.7. The molecule has 0 spiro atoms. The lowest BCUT2D eigenvalue weighted by Gasteiger charge is -2.08. The fraction of sp³-hybridized carbons (Fsp3) is 0. The smallest absolute Gasteiger partial charge is 0.314 e. The molecule has 0 unspecified atom stereocenters. The van der Waals surface area contributed by atoms with Crippen molar-refractivity contribution < 1.29 is 18.4 Å². The number of hydrogen-bond donors (Lipinski definition) is 0. The van der Waals surface area contributed by atoms with Crippen LogP contribution in [0.25, 0.3) is 4.85 Å². The normalized spacial score (nSPS) is 9.64. The van der Waals surface area contributed by atoms with Gasteiger partial charge in [-0.05, 0) is 24.3 Å². The van der Waals surface area contributed by atoms with Gasteiger partial charge in [0.15, 0.2) is 11.5 Å². The number of halogens is 2. The Hall–Kier alpha value is -3.52. The van der Waals surface area contributed by atoms with Crippen LogP contribution in [0.4, 0.5) is 20.2 Å². The van der Waals surface area contributed by atoms with E-state index in [1.165, 1.54) is 6.07 Å². The molecule has 0 heterocycles. The van der Waals surface area contributed by atoms with Gasteiger partial charge in [0.1, 0.15) is 5.75 Å². The second kappa shape index (κ2) is 5.85. The Morgan fingerprint density at radius 2 is 2.05 bits per heavy atom. The SMILES string of the molecule is [C-]#[N+]c1cc(C#N)cc(Oc2c([N+](=O)[O-])ccc(F)c2F)c1. The number of ether oxygens (including phenoxy) is 1. The summed E-state index contributed by atoms with van der Waals surface area (Å²) in [5.74, 6) is -3.95. The molecule has 0 fully saturated rings. The molecular weight excluding hydrogens is 296 g/mol. The lowest BCUT2D eigenvalue weighted by atomic mass is 10.2. The van der Waals surface area contributed by atoms with Crippen LogP contribution < -0.4 is 4.74 Å². The van der Waals surface area contributed by atoms with Crippen molar-refractivity contribution >= 4 is 11.4 Å². The first-order valence-corrected chi connectivity index (χ1v) is 5.69. The van der Waals surface area contributed by atoms with Crippen molar-refractivity contribution in [3.05, 3.63) is 69.1 Å². The van der Waals surface area contributed by atoms with E-state index in [1.54, 1.807) is 6.07 Å². The molecule has 0 saturated carbocycles. The quantitative estimate of drug-likeness (QED) is 0.486. The maximum Gasteiger partial charge on any atom is 0.314 e. The van der Waals surface area contributed by atoms with E-state index in [-0.39, 0.29) is 17.0 Å². The molecule has 0 saturated heterocycles. The summed E-state index contributed by atoms with van der Waals surface area (Å²) in [6, 6.07) is 6.71. The van der Waals surface area contributed by atoms with Gasteiger partial charge in [-0.15, -0.1) is 0 Å². The molecule has 0 aliphatic carbocycles. The van der Waals surface area contributed by atoms with Gasteiger partial charge in [0, 0.05) is 11.6 Å². The Morgan fingerprint density at radius 1 is 1.32 bits per heavy atom. The lowest BCUT2D eigenvalue weighted by molar-refractivity contribution is -0.385. The second-order valence-electron chi connectivity index (χ2n) is 4.01. The summed E-state index contributed by atoms with van der Waals surface area (Å²) >= 11 is 0. The van der Waals surface area contributed by atoms with Crippen LogP contribution in [0.3, 0.4) is 0 Å². The van der Waals surface area contributed by atoms with E-state index >= 15 is 0 Å². The highest BCUT2D eigenvalue weighted by atomic mass is 19.2. The molecule has 0 amide bonds. The molecule has 0 bridgehead atoms. The molecule has 8 heteroatoms. The van der Waals surface area contributed by atoms with Gasteiger partial charge in [0.25, 0.3) is 0 Å². The van der Waals surface area contributed by atoms with Crippen LogP contribution in [0, 0.1) is 39.7 Å². The van der Waals surface area contributed by atoms with Gasteiger partial charge in [-0.25, -0.2) is 9.24 Å².